The summed E-state index contributed by atoms with van der Waals surface area (Å²) in [5.74, 6) is 0. The Labute approximate surface area is 161 Å². The minimum absolute atomic E-state index is 0.104. The molecule has 0 radical (unpaired) electrons. The van der Waals surface area contributed by atoms with Crippen molar-refractivity contribution in [3.05, 3.63) is 35.5 Å². The van der Waals surface area contributed by atoms with Gasteiger partial charge in [-0.1, -0.05) is 6.92 Å². The molecule has 2 aromatic rings. The Kier molecular flexibility index (Phi) is 4.44. The zero-order valence-corrected chi connectivity index (χ0v) is 17.1. The van der Waals surface area contributed by atoms with Crippen LogP contribution in [0, 0.1) is 19.3 Å². The Hall–Kier alpha value is -1.70. The van der Waals surface area contributed by atoms with E-state index in [1.807, 2.05) is 6.20 Å². The quantitative estimate of drug-likeness (QED) is 0.825. The third-order valence-electron chi connectivity index (χ3n) is 6.04. The number of hydrogen-bond acceptors (Lipinski definition) is 4. The fraction of sp³-hybridized carbons (Fsp3) is 0.550. The summed E-state index contributed by atoms with van der Waals surface area (Å²) in [5.41, 5.74) is 4.87. The van der Waals surface area contributed by atoms with Gasteiger partial charge in [0.15, 0.2) is 0 Å². The van der Waals surface area contributed by atoms with Crippen LogP contribution in [0.1, 0.15) is 37.3 Å². The summed E-state index contributed by atoms with van der Waals surface area (Å²) in [7, 11) is -3.60. The largest absolute Gasteiger partial charge is 0.370 e. The van der Waals surface area contributed by atoms with Crippen molar-refractivity contribution in [2.45, 2.75) is 46.1 Å². The van der Waals surface area contributed by atoms with E-state index in [1.54, 1.807) is 0 Å². The molecular weight excluding hydrogens is 360 g/mol. The molecule has 146 valence electrons. The third-order valence-corrected chi connectivity index (χ3v) is 7.17. The van der Waals surface area contributed by atoms with E-state index in [1.165, 1.54) is 26.5 Å². The lowest BCUT2D eigenvalue weighted by Crippen LogP contribution is -2.56. The van der Waals surface area contributed by atoms with Crippen molar-refractivity contribution in [3.63, 3.8) is 0 Å². The van der Waals surface area contributed by atoms with E-state index in [0.717, 1.165) is 37.9 Å². The first-order valence-corrected chi connectivity index (χ1v) is 11.1. The number of aryl methyl sites for hydroxylation is 2. The maximum atomic E-state index is 11.8. The van der Waals surface area contributed by atoms with Gasteiger partial charge in [-0.15, -0.1) is 0 Å². The molecular formula is C20H28N4O2S. The van der Waals surface area contributed by atoms with E-state index in [4.69, 9.17) is 5.14 Å². The number of pyridine rings is 1. The maximum absolute atomic E-state index is 11.8. The summed E-state index contributed by atoms with van der Waals surface area (Å²) < 4.78 is 25.1. The molecule has 1 saturated heterocycles. The summed E-state index contributed by atoms with van der Waals surface area (Å²) in [4.78, 5) is 6.89. The van der Waals surface area contributed by atoms with Crippen molar-refractivity contribution in [3.8, 4) is 0 Å². The van der Waals surface area contributed by atoms with Gasteiger partial charge in [0.1, 0.15) is 0 Å². The van der Waals surface area contributed by atoms with Gasteiger partial charge in [-0.3, -0.25) is 4.98 Å². The minimum Gasteiger partial charge on any atom is -0.370 e. The molecule has 7 heteroatoms. The fourth-order valence-corrected chi connectivity index (χ4v) is 5.10. The fourth-order valence-electron chi connectivity index (χ4n) is 4.13. The standard InChI is InChI=1S/C20H28N4O2S/c1-14-10-17-18(11-15(14)2)22-8-6-19(17)23-12-20(3,13-23)7-9-24(16-4-5-16)27(21,25)26/h6,8,10-11,16H,4-5,7,9,12-13H2,1-3H3,(H2,21,25,26). The Morgan fingerprint density at radius 3 is 2.56 bits per heavy atom. The molecule has 1 aliphatic heterocycles. The number of nitrogens with zero attached hydrogens (tertiary/aromatic N) is 3. The highest BCUT2D eigenvalue weighted by Gasteiger charge is 2.42. The van der Waals surface area contributed by atoms with Crippen LogP contribution >= 0.6 is 0 Å². The van der Waals surface area contributed by atoms with E-state index in [-0.39, 0.29) is 11.5 Å². The molecule has 1 aromatic heterocycles. The van der Waals surface area contributed by atoms with Crippen LogP contribution in [0.2, 0.25) is 0 Å². The first kappa shape index (κ1) is 18.7. The molecule has 0 bridgehead atoms. The van der Waals surface area contributed by atoms with Gasteiger partial charge in [0.25, 0.3) is 10.2 Å². The molecule has 0 unspecified atom stereocenters. The number of hydrogen-bond donors (Lipinski definition) is 1. The molecule has 2 heterocycles. The van der Waals surface area contributed by atoms with Gasteiger partial charge in [0, 0.05) is 48.4 Å². The van der Waals surface area contributed by atoms with Crippen molar-refractivity contribution in [2.75, 3.05) is 24.5 Å². The number of benzene rings is 1. The van der Waals surface area contributed by atoms with Gasteiger partial charge in [0.2, 0.25) is 0 Å². The SMILES string of the molecule is Cc1cc2nccc(N3CC(C)(CCN(C4CC4)S(N)(=O)=O)C3)c2cc1C. The molecule has 2 aliphatic rings. The monoisotopic (exact) mass is 388 g/mol. The third kappa shape index (κ3) is 3.68. The molecule has 1 aromatic carbocycles. The zero-order valence-electron chi connectivity index (χ0n) is 16.3. The van der Waals surface area contributed by atoms with E-state index in [0.29, 0.717) is 6.54 Å². The summed E-state index contributed by atoms with van der Waals surface area (Å²) in [6, 6.07) is 6.57. The molecule has 0 amide bonds. The van der Waals surface area contributed by atoms with Crippen LogP contribution in [-0.4, -0.2) is 43.4 Å². The van der Waals surface area contributed by atoms with Crippen LogP contribution in [0.4, 0.5) is 5.69 Å². The Morgan fingerprint density at radius 2 is 1.93 bits per heavy atom. The van der Waals surface area contributed by atoms with Gasteiger partial charge in [-0.25, -0.2) is 5.14 Å². The van der Waals surface area contributed by atoms with E-state index in [2.05, 4.69) is 48.9 Å². The lowest BCUT2D eigenvalue weighted by molar-refractivity contribution is 0.202. The van der Waals surface area contributed by atoms with E-state index >= 15 is 0 Å². The lowest BCUT2D eigenvalue weighted by Gasteiger charge is -2.50. The van der Waals surface area contributed by atoms with Gasteiger partial charge in [-0.2, -0.15) is 12.7 Å². The average Bonchev–Trinajstić information content (AvgIpc) is 3.37. The van der Waals surface area contributed by atoms with Gasteiger partial charge >= 0.3 is 0 Å². The van der Waals surface area contributed by atoms with Crippen LogP contribution in [0.5, 0.6) is 0 Å². The van der Waals surface area contributed by atoms with Crippen LogP contribution in [-0.2, 0) is 10.2 Å². The van der Waals surface area contributed by atoms with Crippen LogP contribution in [0.3, 0.4) is 0 Å². The molecule has 0 atom stereocenters. The van der Waals surface area contributed by atoms with Crippen LogP contribution < -0.4 is 10.0 Å². The second-order valence-electron chi connectivity index (χ2n) is 8.59. The van der Waals surface area contributed by atoms with Gasteiger partial charge in [-0.05, 0) is 62.4 Å². The molecule has 6 nitrogen and oxygen atoms in total. The Balaban J connectivity index is 1.47. The average molecular weight is 389 g/mol. The van der Waals surface area contributed by atoms with Gasteiger partial charge in [0.05, 0.1) is 5.52 Å². The predicted molar refractivity (Wildman–Crippen MR) is 109 cm³/mol. The second-order valence-corrected chi connectivity index (χ2v) is 10.1. The highest BCUT2D eigenvalue weighted by Crippen LogP contribution is 2.40. The van der Waals surface area contributed by atoms with Crippen molar-refractivity contribution in [1.82, 2.24) is 9.29 Å². The van der Waals surface area contributed by atoms with Crippen molar-refractivity contribution in [2.24, 2.45) is 10.6 Å². The zero-order chi connectivity index (χ0) is 19.4. The van der Waals surface area contributed by atoms with Crippen LogP contribution in [0.25, 0.3) is 10.9 Å². The number of nitrogens with two attached hydrogens (primary N) is 1. The van der Waals surface area contributed by atoms with Crippen molar-refractivity contribution >= 4 is 26.8 Å². The molecule has 4 rings (SSSR count). The highest BCUT2D eigenvalue weighted by molar-refractivity contribution is 7.86. The highest BCUT2D eigenvalue weighted by atomic mass is 32.2. The van der Waals surface area contributed by atoms with E-state index < -0.39 is 10.2 Å². The molecule has 1 aliphatic carbocycles. The van der Waals surface area contributed by atoms with E-state index in [9.17, 15) is 8.42 Å². The minimum atomic E-state index is -3.60. The van der Waals surface area contributed by atoms with Crippen molar-refractivity contribution in [1.29, 1.82) is 0 Å². The molecule has 0 spiro atoms. The first-order valence-electron chi connectivity index (χ1n) is 9.57. The lowest BCUT2D eigenvalue weighted by atomic mass is 9.78. The summed E-state index contributed by atoms with van der Waals surface area (Å²) in [6.45, 7) is 8.83. The smallest absolute Gasteiger partial charge is 0.277 e. The van der Waals surface area contributed by atoms with Gasteiger partial charge < -0.3 is 4.90 Å². The van der Waals surface area contributed by atoms with Crippen molar-refractivity contribution < 1.29 is 8.42 Å². The molecule has 1 saturated carbocycles. The Morgan fingerprint density at radius 1 is 1.26 bits per heavy atom. The topological polar surface area (TPSA) is 79.5 Å². The molecule has 2 fully saturated rings. The summed E-state index contributed by atoms with van der Waals surface area (Å²) in [6.07, 6.45) is 4.57. The number of fused-ring (bicyclic) bond motifs is 1. The predicted octanol–water partition coefficient (Wildman–Crippen LogP) is 2.74. The summed E-state index contributed by atoms with van der Waals surface area (Å²) >= 11 is 0. The second kappa shape index (κ2) is 6.43. The normalized spacial score (nSPS) is 19.5. The number of anilines is 1. The maximum Gasteiger partial charge on any atom is 0.277 e. The van der Waals surface area contributed by atoms with Crippen LogP contribution in [0.15, 0.2) is 24.4 Å². The summed E-state index contributed by atoms with van der Waals surface area (Å²) in [5, 5.41) is 6.58. The molecule has 27 heavy (non-hydrogen) atoms. The number of rotatable bonds is 6. The first-order chi connectivity index (χ1) is 12.7. The number of aromatic nitrogens is 1. The Bertz CT molecular complexity index is 979. The molecule has 2 N–H and O–H groups in total.